The highest BCUT2D eigenvalue weighted by molar-refractivity contribution is 5.69. The van der Waals surface area contributed by atoms with Crippen LogP contribution in [0.25, 0.3) is 0 Å². The average molecular weight is 453 g/mol. The molecule has 0 aromatic heterocycles. The summed E-state index contributed by atoms with van der Waals surface area (Å²) in [5, 5.41) is 8.58. The fraction of sp³-hybridized carbons (Fsp3) is 0.857. The highest BCUT2D eigenvalue weighted by Crippen LogP contribution is 2.11. The van der Waals surface area contributed by atoms with Gasteiger partial charge in [0.2, 0.25) is 0 Å². The first kappa shape index (κ1) is 30.7. The van der Waals surface area contributed by atoms with Gasteiger partial charge in [-0.1, -0.05) is 103 Å². The molecule has 0 aliphatic rings. The van der Waals surface area contributed by atoms with Crippen molar-refractivity contribution in [3.63, 3.8) is 0 Å². The average Bonchev–Trinajstić information content (AvgIpc) is 2.77. The maximum Gasteiger partial charge on any atom is 0.305 e. The molecular formula is C28H52O4. The number of hydrogen-bond donors (Lipinski definition) is 1. The Bertz CT molecular complexity index is 445. The molecule has 0 radical (unpaired) electrons. The molecule has 1 N–H and O–H groups in total. The fourth-order valence-electron chi connectivity index (χ4n) is 3.86. The van der Waals surface area contributed by atoms with Crippen LogP contribution in [0.15, 0.2) is 12.2 Å². The number of hydrogen-bond acceptors (Lipinski definition) is 3. The summed E-state index contributed by atoms with van der Waals surface area (Å²) >= 11 is 0. The van der Waals surface area contributed by atoms with Crippen LogP contribution in [0.2, 0.25) is 0 Å². The number of aliphatic carboxylic acids is 1. The lowest BCUT2D eigenvalue weighted by molar-refractivity contribution is -0.144. The quantitative estimate of drug-likeness (QED) is 0.0854. The summed E-state index contributed by atoms with van der Waals surface area (Å²) in [6, 6.07) is 0. The Morgan fingerprint density at radius 1 is 0.594 bits per heavy atom. The van der Waals surface area contributed by atoms with Crippen molar-refractivity contribution >= 4 is 11.9 Å². The largest absolute Gasteiger partial charge is 0.481 e. The molecule has 32 heavy (non-hydrogen) atoms. The predicted octanol–water partition coefficient (Wildman–Crippen LogP) is 8.77. The summed E-state index contributed by atoms with van der Waals surface area (Å²) in [6.07, 6.45) is 29.2. The predicted molar refractivity (Wildman–Crippen MR) is 135 cm³/mol. The van der Waals surface area contributed by atoms with Crippen LogP contribution in [0.3, 0.4) is 0 Å². The minimum Gasteiger partial charge on any atom is -0.481 e. The number of carboxylic acid groups (broad SMARTS) is 1. The monoisotopic (exact) mass is 452 g/mol. The molecule has 0 bridgehead atoms. The number of esters is 1. The van der Waals surface area contributed by atoms with E-state index in [-0.39, 0.29) is 12.4 Å². The van der Waals surface area contributed by atoms with Crippen LogP contribution in [0.4, 0.5) is 0 Å². The van der Waals surface area contributed by atoms with Gasteiger partial charge in [-0.2, -0.15) is 0 Å². The zero-order valence-corrected chi connectivity index (χ0v) is 21.1. The molecular weight excluding hydrogens is 400 g/mol. The molecule has 4 nitrogen and oxygen atoms in total. The molecule has 0 aromatic rings. The lowest BCUT2D eigenvalue weighted by Crippen LogP contribution is -2.05. The molecule has 0 saturated heterocycles. The van der Waals surface area contributed by atoms with Crippen molar-refractivity contribution in [1.82, 2.24) is 0 Å². The molecule has 0 aromatic carbocycles. The lowest BCUT2D eigenvalue weighted by atomic mass is 10.1. The summed E-state index contributed by atoms with van der Waals surface area (Å²) < 4.78 is 5.32. The van der Waals surface area contributed by atoms with Crippen LogP contribution in [-0.4, -0.2) is 23.7 Å². The van der Waals surface area contributed by atoms with Gasteiger partial charge in [0.1, 0.15) is 0 Å². The van der Waals surface area contributed by atoms with Crippen molar-refractivity contribution < 1.29 is 19.4 Å². The molecule has 0 amide bonds. The number of carboxylic acids is 1. The van der Waals surface area contributed by atoms with Gasteiger partial charge in [0.25, 0.3) is 0 Å². The zero-order chi connectivity index (χ0) is 23.5. The summed E-state index contributed by atoms with van der Waals surface area (Å²) in [6.45, 7) is 2.83. The van der Waals surface area contributed by atoms with Gasteiger partial charge in [-0.25, -0.2) is 0 Å². The second-order valence-corrected chi connectivity index (χ2v) is 9.17. The smallest absolute Gasteiger partial charge is 0.305 e. The van der Waals surface area contributed by atoms with Gasteiger partial charge in [0.15, 0.2) is 0 Å². The van der Waals surface area contributed by atoms with E-state index in [1.807, 2.05) is 0 Å². The van der Waals surface area contributed by atoms with Gasteiger partial charge in [-0.05, 0) is 44.9 Å². The Morgan fingerprint density at radius 3 is 1.56 bits per heavy atom. The molecule has 0 unspecified atom stereocenters. The summed E-state index contributed by atoms with van der Waals surface area (Å²) in [5.74, 6) is -0.780. The van der Waals surface area contributed by atoms with E-state index < -0.39 is 5.97 Å². The van der Waals surface area contributed by atoms with E-state index >= 15 is 0 Å². The molecule has 0 saturated carbocycles. The van der Waals surface area contributed by atoms with E-state index in [1.165, 1.54) is 77.0 Å². The van der Waals surface area contributed by atoms with Gasteiger partial charge < -0.3 is 9.84 Å². The fourth-order valence-corrected chi connectivity index (χ4v) is 3.86. The van der Waals surface area contributed by atoms with Crippen molar-refractivity contribution in [3.8, 4) is 0 Å². The van der Waals surface area contributed by atoms with Crippen molar-refractivity contribution in [2.24, 2.45) is 0 Å². The minimum atomic E-state index is -0.713. The van der Waals surface area contributed by atoms with E-state index in [4.69, 9.17) is 9.84 Å². The van der Waals surface area contributed by atoms with Crippen LogP contribution in [0, 0.1) is 0 Å². The Balaban J connectivity index is 3.21. The number of rotatable bonds is 25. The Kier molecular flexibility index (Phi) is 24.9. The molecule has 0 heterocycles. The topological polar surface area (TPSA) is 63.6 Å². The molecule has 0 spiro atoms. The third kappa shape index (κ3) is 26.7. The second-order valence-electron chi connectivity index (χ2n) is 9.17. The van der Waals surface area contributed by atoms with Gasteiger partial charge in [0, 0.05) is 12.8 Å². The Hall–Kier alpha value is -1.32. The first-order chi connectivity index (χ1) is 15.7. The highest BCUT2D eigenvalue weighted by Gasteiger charge is 2.03. The number of unbranched alkanes of at least 4 members (excludes halogenated alkanes) is 17. The maximum atomic E-state index is 11.7. The third-order valence-corrected chi connectivity index (χ3v) is 5.94. The van der Waals surface area contributed by atoms with Crippen molar-refractivity contribution in [2.75, 3.05) is 6.61 Å². The van der Waals surface area contributed by atoms with Crippen LogP contribution in [-0.2, 0) is 14.3 Å². The second kappa shape index (κ2) is 25.9. The number of carbonyl (C=O) groups is 2. The van der Waals surface area contributed by atoms with Gasteiger partial charge in [-0.3, -0.25) is 9.59 Å². The van der Waals surface area contributed by atoms with Crippen LogP contribution in [0.5, 0.6) is 0 Å². The van der Waals surface area contributed by atoms with E-state index in [9.17, 15) is 9.59 Å². The molecule has 0 atom stereocenters. The van der Waals surface area contributed by atoms with Crippen molar-refractivity contribution in [2.45, 2.75) is 148 Å². The normalized spacial score (nSPS) is 11.3. The van der Waals surface area contributed by atoms with Crippen LogP contribution >= 0.6 is 0 Å². The number of ether oxygens (including phenoxy) is 1. The summed E-state index contributed by atoms with van der Waals surface area (Å²) in [7, 11) is 0. The minimum absolute atomic E-state index is 0.0661. The Morgan fingerprint density at radius 2 is 1.03 bits per heavy atom. The summed E-state index contributed by atoms with van der Waals surface area (Å²) in [5.41, 5.74) is 0. The SMILES string of the molecule is CCCCCCCC/C=C\CCCCCCCCOC(=O)CCCCCCCCC(=O)O. The Labute approximate surface area is 198 Å². The van der Waals surface area contributed by atoms with E-state index in [2.05, 4.69) is 19.1 Å². The molecule has 0 fully saturated rings. The van der Waals surface area contributed by atoms with Gasteiger partial charge >= 0.3 is 11.9 Å². The van der Waals surface area contributed by atoms with E-state index in [0.717, 1.165) is 51.4 Å². The zero-order valence-electron chi connectivity index (χ0n) is 21.1. The maximum absolute atomic E-state index is 11.7. The van der Waals surface area contributed by atoms with Crippen LogP contribution < -0.4 is 0 Å². The molecule has 0 aliphatic heterocycles. The summed E-state index contributed by atoms with van der Waals surface area (Å²) in [4.78, 5) is 22.1. The van der Waals surface area contributed by atoms with Crippen molar-refractivity contribution in [1.29, 1.82) is 0 Å². The first-order valence-corrected chi connectivity index (χ1v) is 13.7. The third-order valence-electron chi connectivity index (χ3n) is 5.94. The van der Waals surface area contributed by atoms with Crippen molar-refractivity contribution in [3.05, 3.63) is 12.2 Å². The molecule has 4 heteroatoms. The van der Waals surface area contributed by atoms with E-state index in [1.54, 1.807) is 0 Å². The lowest BCUT2D eigenvalue weighted by Gasteiger charge is -2.05. The first-order valence-electron chi connectivity index (χ1n) is 13.7. The molecule has 0 aliphatic carbocycles. The number of carbonyl (C=O) groups excluding carboxylic acids is 1. The number of allylic oxidation sites excluding steroid dienone is 2. The van der Waals surface area contributed by atoms with Gasteiger partial charge in [-0.15, -0.1) is 0 Å². The highest BCUT2D eigenvalue weighted by atomic mass is 16.5. The standard InChI is InChI=1S/C28H52O4/c1-2-3-4-5-6-7-8-9-10-11-12-13-14-17-20-23-26-32-28(31)25-22-19-16-15-18-21-24-27(29)30/h9-10H,2-8,11-26H2,1H3,(H,29,30)/b10-9-. The molecule has 0 rings (SSSR count). The van der Waals surface area contributed by atoms with E-state index in [0.29, 0.717) is 13.0 Å². The molecule has 188 valence electrons. The van der Waals surface area contributed by atoms with Crippen LogP contribution in [0.1, 0.15) is 148 Å². The van der Waals surface area contributed by atoms with Gasteiger partial charge in [0.05, 0.1) is 6.61 Å².